The molecule has 1 atom stereocenters. The van der Waals surface area contributed by atoms with Gasteiger partial charge >= 0.3 is 6.03 Å². The SMILES string of the molecule is COc1cc(NC(=O)N2c3ccccc3CC2C)c(OC)cc1Cl. The highest BCUT2D eigenvalue weighted by Gasteiger charge is 2.31. The maximum absolute atomic E-state index is 12.8. The van der Waals surface area contributed by atoms with Gasteiger partial charge in [0.25, 0.3) is 0 Å². The zero-order valence-corrected chi connectivity index (χ0v) is 14.6. The molecule has 2 aromatic carbocycles. The van der Waals surface area contributed by atoms with Crippen LogP contribution < -0.4 is 19.7 Å². The first-order valence-corrected chi connectivity index (χ1v) is 8.02. The Bertz CT molecular complexity index is 779. The number of fused-ring (bicyclic) bond motifs is 1. The highest BCUT2D eigenvalue weighted by atomic mass is 35.5. The number of hydrogen-bond donors (Lipinski definition) is 1. The Morgan fingerprint density at radius 2 is 1.92 bits per heavy atom. The van der Waals surface area contributed by atoms with Gasteiger partial charge in [-0.15, -0.1) is 0 Å². The van der Waals surface area contributed by atoms with Crippen LogP contribution in [0.2, 0.25) is 5.02 Å². The molecule has 3 rings (SSSR count). The molecule has 0 aromatic heterocycles. The summed E-state index contributed by atoms with van der Waals surface area (Å²) < 4.78 is 10.5. The van der Waals surface area contributed by atoms with Gasteiger partial charge in [-0.3, -0.25) is 4.90 Å². The number of amides is 2. The Labute approximate surface area is 146 Å². The van der Waals surface area contributed by atoms with E-state index in [-0.39, 0.29) is 12.1 Å². The lowest BCUT2D eigenvalue weighted by molar-refractivity contribution is 0.255. The number of halogens is 1. The molecule has 5 nitrogen and oxygen atoms in total. The minimum absolute atomic E-state index is 0.0857. The van der Waals surface area contributed by atoms with Gasteiger partial charge in [-0.2, -0.15) is 0 Å². The van der Waals surface area contributed by atoms with E-state index in [9.17, 15) is 4.79 Å². The van der Waals surface area contributed by atoms with E-state index in [1.807, 2.05) is 31.2 Å². The largest absolute Gasteiger partial charge is 0.495 e. The minimum atomic E-state index is -0.213. The van der Waals surface area contributed by atoms with Crippen molar-refractivity contribution in [1.29, 1.82) is 0 Å². The van der Waals surface area contributed by atoms with E-state index >= 15 is 0 Å². The Morgan fingerprint density at radius 1 is 1.21 bits per heavy atom. The van der Waals surface area contributed by atoms with Crippen molar-refractivity contribution in [3.63, 3.8) is 0 Å². The second-order valence-corrected chi connectivity index (χ2v) is 6.08. The fraction of sp³-hybridized carbons (Fsp3) is 0.278. The number of hydrogen-bond acceptors (Lipinski definition) is 3. The van der Waals surface area contributed by atoms with Gasteiger partial charge in [0, 0.05) is 23.9 Å². The van der Waals surface area contributed by atoms with Crippen molar-refractivity contribution in [2.45, 2.75) is 19.4 Å². The van der Waals surface area contributed by atoms with Gasteiger partial charge in [0.15, 0.2) is 0 Å². The zero-order chi connectivity index (χ0) is 17.3. The summed E-state index contributed by atoms with van der Waals surface area (Å²) in [5.41, 5.74) is 2.61. The van der Waals surface area contributed by atoms with E-state index in [2.05, 4.69) is 5.32 Å². The van der Waals surface area contributed by atoms with Gasteiger partial charge in [0.2, 0.25) is 0 Å². The molecular formula is C18H19ClN2O3. The first kappa shape index (κ1) is 16.5. The molecule has 0 spiro atoms. The number of anilines is 2. The number of urea groups is 1. The molecule has 1 unspecified atom stereocenters. The van der Waals surface area contributed by atoms with E-state index in [1.165, 1.54) is 19.8 Å². The summed E-state index contributed by atoms with van der Waals surface area (Å²) in [5.74, 6) is 0.955. The lowest BCUT2D eigenvalue weighted by Crippen LogP contribution is -2.39. The predicted octanol–water partition coefficient (Wildman–Crippen LogP) is 4.34. The van der Waals surface area contributed by atoms with Crippen molar-refractivity contribution in [1.82, 2.24) is 0 Å². The quantitative estimate of drug-likeness (QED) is 0.899. The Morgan fingerprint density at radius 3 is 2.62 bits per heavy atom. The molecule has 6 heteroatoms. The number of para-hydroxylation sites is 1. The van der Waals surface area contributed by atoms with E-state index in [1.54, 1.807) is 17.0 Å². The first-order chi connectivity index (χ1) is 11.5. The molecule has 0 bridgehead atoms. The van der Waals surface area contributed by atoms with Crippen LogP contribution in [0.15, 0.2) is 36.4 Å². The minimum Gasteiger partial charge on any atom is -0.495 e. The van der Waals surface area contributed by atoms with Crippen LogP contribution in [0.1, 0.15) is 12.5 Å². The van der Waals surface area contributed by atoms with E-state index in [4.69, 9.17) is 21.1 Å². The first-order valence-electron chi connectivity index (χ1n) is 7.64. The average Bonchev–Trinajstić information content (AvgIpc) is 2.91. The van der Waals surface area contributed by atoms with Crippen LogP contribution in [-0.4, -0.2) is 26.3 Å². The third kappa shape index (κ3) is 2.87. The normalized spacial score (nSPS) is 15.8. The molecule has 0 saturated carbocycles. The lowest BCUT2D eigenvalue weighted by Gasteiger charge is -2.24. The smallest absolute Gasteiger partial charge is 0.326 e. The van der Waals surface area contributed by atoms with Crippen molar-refractivity contribution < 1.29 is 14.3 Å². The fourth-order valence-electron chi connectivity index (χ4n) is 3.01. The van der Waals surface area contributed by atoms with Gasteiger partial charge in [-0.25, -0.2) is 4.79 Å². The molecule has 1 N–H and O–H groups in total. The van der Waals surface area contributed by atoms with Crippen molar-refractivity contribution in [2.24, 2.45) is 0 Å². The second-order valence-electron chi connectivity index (χ2n) is 5.67. The monoisotopic (exact) mass is 346 g/mol. The maximum Gasteiger partial charge on any atom is 0.326 e. The Balaban J connectivity index is 1.90. The van der Waals surface area contributed by atoms with E-state index in [0.717, 1.165) is 12.1 Å². The number of ether oxygens (including phenoxy) is 2. The molecule has 0 saturated heterocycles. The van der Waals surface area contributed by atoms with Gasteiger partial charge in [-0.05, 0) is 25.0 Å². The van der Waals surface area contributed by atoms with Crippen molar-refractivity contribution in [3.8, 4) is 11.5 Å². The molecule has 2 aromatic rings. The van der Waals surface area contributed by atoms with Gasteiger partial charge in [0.1, 0.15) is 11.5 Å². The van der Waals surface area contributed by atoms with Crippen molar-refractivity contribution in [2.75, 3.05) is 24.4 Å². The summed E-state index contributed by atoms with van der Waals surface area (Å²) in [4.78, 5) is 14.6. The van der Waals surface area contributed by atoms with E-state index < -0.39 is 0 Å². The number of methoxy groups -OCH3 is 2. The van der Waals surface area contributed by atoms with Crippen LogP contribution >= 0.6 is 11.6 Å². The fourth-order valence-corrected chi connectivity index (χ4v) is 3.24. The topological polar surface area (TPSA) is 50.8 Å². The lowest BCUT2D eigenvalue weighted by atomic mass is 10.1. The molecule has 0 aliphatic carbocycles. The molecule has 1 heterocycles. The number of carbonyl (C=O) groups is 1. The second kappa shape index (κ2) is 6.61. The van der Waals surface area contributed by atoms with Crippen LogP contribution in [-0.2, 0) is 6.42 Å². The highest BCUT2D eigenvalue weighted by molar-refractivity contribution is 6.32. The summed E-state index contributed by atoms with van der Waals surface area (Å²) >= 11 is 6.11. The third-order valence-electron chi connectivity index (χ3n) is 4.14. The van der Waals surface area contributed by atoms with Gasteiger partial charge < -0.3 is 14.8 Å². The standard InChI is InChI=1S/C18H19ClN2O3/c1-11-8-12-6-4-5-7-15(12)21(11)18(22)20-14-10-16(23-2)13(19)9-17(14)24-3/h4-7,9-11H,8H2,1-3H3,(H,20,22). The number of nitrogens with zero attached hydrogens (tertiary/aromatic N) is 1. The maximum atomic E-state index is 12.8. The molecule has 0 radical (unpaired) electrons. The van der Waals surface area contributed by atoms with E-state index in [0.29, 0.717) is 22.2 Å². The summed E-state index contributed by atoms with van der Waals surface area (Å²) in [6, 6.07) is 11.1. The van der Waals surface area contributed by atoms with Gasteiger partial charge in [-0.1, -0.05) is 29.8 Å². The molecule has 0 fully saturated rings. The number of carbonyl (C=O) groups excluding carboxylic acids is 1. The number of rotatable bonds is 3. The number of nitrogens with one attached hydrogen (secondary N) is 1. The van der Waals surface area contributed by atoms with Crippen LogP contribution in [0.4, 0.5) is 16.2 Å². The molecule has 1 aliphatic heterocycles. The molecular weight excluding hydrogens is 328 g/mol. The number of benzene rings is 2. The summed E-state index contributed by atoms with van der Waals surface area (Å²) in [6.45, 7) is 2.03. The Hall–Kier alpha value is -2.40. The predicted molar refractivity (Wildman–Crippen MR) is 95.7 cm³/mol. The van der Waals surface area contributed by atoms with Crippen molar-refractivity contribution in [3.05, 3.63) is 47.0 Å². The highest BCUT2D eigenvalue weighted by Crippen LogP contribution is 2.37. The van der Waals surface area contributed by atoms with Crippen molar-refractivity contribution >= 4 is 29.0 Å². The van der Waals surface area contributed by atoms with Crippen LogP contribution in [0, 0.1) is 0 Å². The molecule has 2 amide bonds. The zero-order valence-electron chi connectivity index (χ0n) is 13.8. The average molecular weight is 347 g/mol. The van der Waals surface area contributed by atoms with Crippen LogP contribution in [0.5, 0.6) is 11.5 Å². The third-order valence-corrected chi connectivity index (χ3v) is 4.44. The van der Waals surface area contributed by atoms with Crippen LogP contribution in [0.25, 0.3) is 0 Å². The Kier molecular flexibility index (Phi) is 4.53. The summed E-state index contributed by atoms with van der Waals surface area (Å²) in [7, 11) is 3.06. The van der Waals surface area contributed by atoms with Gasteiger partial charge in [0.05, 0.1) is 24.9 Å². The molecule has 24 heavy (non-hydrogen) atoms. The molecule has 1 aliphatic rings. The van der Waals surface area contributed by atoms with Crippen LogP contribution in [0.3, 0.4) is 0 Å². The summed E-state index contributed by atoms with van der Waals surface area (Å²) in [6.07, 6.45) is 0.838. The summed E-state index contributed by atoms with van der Waals surface area (Å²) in [5, 5.41) is 3.32. The molecule has 126 valence electrons.